The maximum atomic E-state index is 12.2. The summed E-state index contributed by atoms with van der Waals surface area (Å²) < 4.78 is 5.13. The molecule has 0 fully saturated rings. The first-order valence-corrected chi connectivity index (χ1v) is 9.00. The maximum absolute atomic E-state index is 12.2. The van der Waals surface area contributed by atoms with Gasteiger partial charge in [0.25, 0.3) is 5.91 Å². The number of carbonyl (C=O) groups excluding carboxylic acids is 2. The van der Waals surface area contributed by atoms with E-state index in [0.717, 1.165) is 21.9 Å². The van der Waals surface area contributed by atoms with Gasteiger partial charge in [0.05, 0.1) is 11.6 Å². The minimum atomic E-state index is -0.633. The zero-order valence-electron chi connectivity index (χ0n) is 15.3. The molecule has 0 saturated heterocycles. The first kappa shape index (κ1) is 17.7. The molecule has 6 nitrogen and oxygen atoms in total. The summed E-state index contributed by atoms with van der Waals surface area (Å²) in [5.74, 6) is -1.00. The Hall–Kier alpha value is -3.67. The summed E-state index contributed by atoms with van der Waals surface area (Å²) in [7, 11) is 0. The van der Waals surface area contributed by atoms with Crippen LogP contribution < -0.4 is 5.32 Å². The Morgan fingerprint density at radius 2 is 1.79 bits per heavy atom. The van der Waals surface area contributed by atoms with E-state index in [4.69, 9.17) is 4.74 Å². The number of ether oxygens (including phenoxy) is 1. The summed E-state index contributed by atoms with van der Waals surface area (Å²) in [6, 6.07) is 21.1. The molecule has 28 heavy (non-hydrogen) atoms. The molecule has 1 aromatic heterocycles. The zero-order valence-corrected chi connectivity index (χ0v) is 15.3. The number of rotatable bonds is 5. The van der Waals surface area contributed by atoms with Crippen molar-refractivity contribution in [2.24, 2.45) is 0 Å². The van der Waals surface area contributed by atoms with E-state index in [1.54, 1.807) is 6.07 Å². The molecule has 0 aliphatic heterocycles. The van der Waals surface area contributed by atoms with Crippen LogP contribution >= 0.6 is 0 Å². The van der Waals surface area contributed by atoms with Crippen LogP contribution in [0.4, 0.5) is 0 Å². The molecular formula is C22H19N3O3. The number of benzene rings is 3. The van der Waals surface area contributed by atoms with Gasteiger partial charge in [-0.25, -0.2) is 4.79 Å². The maximum Gasteiger partial charge on any atom is 0.359 e. The molecule has 6 heteroatoms. The summed E-state index contributed by atoms with van der Waals surface area (Å²) in [5.41, 5.74) is 1.89. The second-order valence-electron chi connectivity index (χ2n) is 6.59. The molecule has 1 atom stereocenters. The van der Waals surface area contributed by atoms with Crippen LogP contribution in [0.5, 0.6) is 0 Å². The van der Waals surface area contributed by atoms with E-state index in [1.165, 1.54) is 0 Å². The lowest BCUT2D eigenvalue weighted by Gasteiger charge is -2.15. The summed E-state index contributed by atoms with van der Waals surface area (Å²) >= 11 is 0. The number of fused-ring (bicyclic) bond motifs is 2. The average molecular weight is 373 g/mol. The fourth-order valence-electron chi connectivity index (χ4n) is 3.16. The van der Waals surface area contributed by atoms with Crippen LogP contribution in [-0.2, 0) is 9.53 Å². The van der Waals surface area contributed by atoms with Gasteiger partial charge < -0.3 is 10.1 Å². The van der Waals surface area contributed by atoms with E-state index in [1.807, 2.05) is 67.6 Å². The van der Waals surface area contributed by atoms with Crippen molar-refractivity contribution < 1.29 is 14.3 Å². The second kappa shape index (κ2) is 7.52. The van der Waals surface area contributed by atoms with Crippen LogP contribution in [0.15, 0.2) is 66.7 Å². The summed E-state index contributed by atoms with van der Waals surface area (Å²) in [6.45, 7) is 1.53. The molecule has 4 aromatic rings. The Bertz CT molecular complexity index is 1170. The van der Waals surface area contributed by atoms with Crippen molar-refractivity contribution in [3.63, 3.8) is 0 Å². The van der Waals surface area contributed by atoms with Gasteiger partial charge in [0.15, 0.2) is 12.3 Å². The number of amides is 1. The third-order valence-corrected chi connectivity index (χ3v) is 4.65. The molecule has 0 aliphatic rings. The van der Waals surface area contributed by atoms with Gasteiger partial charge in [0.2, 0.25) is 0 Å². The highest BCUT2D eigenvalue weighted by Crippen LogP contribution is 2.20. The number of aromatic amines is 1. The predicted molar refractivity (Wildman–Crippen MR) is 107 cm³/mol. The zero-order chi connectivity index (χ0) is 19.5. The predicted octanol–water partition coefficient (Wildman–Crippen LogP) is 3.75. The number of H-pyrrole nitrogens is 1. The van der Waals surface area contributed by atoms with Crippen molar-refractivity contribution in [2.45, 2.75) is 13.0 Å². The van der Waals surface area contributed by atoms with Crippen molar-refractivity contribution >= 4 is 33.6 Å². The number of hydrogen-bond acceptors (Lipinski definition) is 4. The topological polar surface area (TPSA) is 84.1 Å². The molecule has 0 saturated carbocycles. The summed E-state index contributed by atoms with van der Waals surface area (Å²) in [5, 5.41) is 12.5. The Morgan fingerprint density at radius 3 is 2.64 bits per heavy atom. The van der Waals surface area contributed by atoms with Crippen molar-refractivity contribution in [3.05, 3.63) is 78.0 Å². The lowest BCUT2D eigenvalue weighted by molar-refractivity contribution is -0.124. The SMILES string of the molecule is CC(NC(=O)COC(=O)c1n[nH]c2ccccc12)c1ccc2ccccc2c1. The third kappa shape index (κ3) is 3.57. The largest absolute Gasteiger partial charge is 0.451 e. The molecule has 1 heterocycles. The van der Waals surface area contributed by atoms with Gasteiger partial charge in [-0.3, -0.25) is 9.89 Å². The molecule has 3 aromatic carbocycles. The normalized spacial score (nSPS) is 12.0. The smallest absolute Gasteiger partial charge is 0.359 e. The summed E-state index contributed by atoms with van der Waals surface area (Å²) in [6.07, 6.45) is 0. The van der Waals surface area contributed by atoms with Gasteiger partial charge in [0, 0.05) is 5.39 Å². The van der Waals surface area contributed by atoms with E-state index in [0.29, 0.717) is 5.39 Å². The fourth-order valence-corrected chi connectivity index (χ4v) is 3.16. The summed E-state index contributed by atoms with van der Waals surface area (Å²) in [4.78, 5) is 24.5. The van der Waals surface area contributed by atoms with Gasteiger partial charge >= 0.3 is 5.97 Å². The number of hydrogen-bond donors (Lipinski definition) is 2. The molecule has 4 rings (SSSR count). The van der Waals surface area contributed by atoms with Crippen LogP contribution in [0.3, 0.4) is 0 Å². The van der Waals surface area contributed by atoms with Gasteiger partial charge in [-0.1, -0.05) is 54.6 Å². The number of para-hydroxylation sites is 1. The van der Waals surface area contributed by atoms with Gasteiger partial charge in [0.1, 0.15) is 0 Å². The van der Waals surface area contributed by atoms with E-state index in [2.05, 4.69) is 15.5 Å². The molecular weight excluding hydrogens is 354 g/mol. The Labute approximate surface area is 161 Å². The quantitative estimate of drug-likeness (QED) is 0.522. The molecule has 2 N–H and O–H groups in total. The number of aromatic nitrogens is 2. The standard InChI is InChI=1S/C22H19N3O3/c1-14(16-11-10-15-6-2-3-7-17(15)12-16)23-20(26)13-28-22(27)21-18-8-4-5-9-19(18)24-25-21/h2-12,14H,13H2,1H3,(H,23,26)(H,24,25). The number of nitrogens with one attached hydrogen (secondary N) is 2. The van der Waals surface area contributed by atoms with E-state index in [-0.39, 0.29) is 24.2 Å². The highest BCUT2D eigenvalue weighted by atomic mass is 16.5. The Morgan fingerprint density at radius 1 is 1.04 bits per heavy atom. The van der Waals surface area contributed by atoms with Crippen molar-refractivity contribution in [1.29, 1.82) is 0 Å². The molecule has 0 spiro atoms. The molecule has 140 valence electrons. The van der Waals surface area contributed by atoms with Gasteiger partial charge in [-0.15, -0.1) is 0 Å². The molecule has 1 unspecified atom stereocenters. The van der Waals surface area contributed by atoms with Crippen LogP contribution in [0.2, 0.25) is 0 Å². The van der Waals surface area contributed by atoms with Crippen molar-refractivity contribution in [3.8, 4) is 0 Å². The fraction of sp³-hybridized carbons (Fsp3) is 0.136. The van der Waals surface area contributed by atoms with E-state index < -0.39 is 5.97 Å². The lowest BCUT2D eigenvalue weighted by Crippen LogP contribution is -2.31. The molecule has 0 bridgehead atoms. The number of nitrogens with zero attached hydrogens (tertiary/aromatic N) is 1. The monoisotopic (exact) mass is 373 g/mol. The minimum Gasteiger partial charge on any atom is -0.451 e. The van der Waals surface area contributed by atoms with Gasteiger partial charge in [-0.05, 0) is 35.4 Å². The van der Waals surface area contributed by atoms with Crippen LogP contribution in [0.25, 0.3) is 21.7 Å². The molecule has 1 amide bonds. The highest BCUT2D eigenvalue weighted by Gasteiger charge is 2.17. The molecule has 0 radical (unpaired) electrons. The number of esters is 1. The minimum absolute atomic E-state index is 0.172. The van der Waals surface area contributed by atoms with Crippen molar-refractivity contribution in [2.75, 3.05) is 6.61 Å². The number of carbonyl (C=O) groups is 2. The first-order chi connectivity index (χ1) is 13.6. The van der Waals surface area contributed by atoms with Crippen LogP contribution in [0, 0.1) is 0 Å². The molecule has 0 aliphatic carbocycles. The lowest BCUT2D eigenvalue weighted by atomic mass is 10.0. The van der Waals surface area contributed by atoms with Crippen LogP contribution in [-0.4, -0.2) is 28.7 Å². The second-order valence-corrected chi connectivity index (χ2v) is 6.59. The Kier molecular flexibility index (Phi) is 4.76. The third-order valence-electron chi connectivity index (χ3n) is 4.65. The van der Waals surface area contributed by atoms with Crippen molar-refractivity contribution in [1.82, 2.24) is 15.5 Å². The van der Waals surface area contributed by atoms with Crippen LogP contribution in [0.1, 0.15) is 29.0 Å². The highest BCUT2D eigenvalue weighted by molar-refractivity contribution is 6.02. The van der Waals surface area contributed by atoms with E-state index in [9.17, 15) is 9.59 Å². The van der Waals surface area contributed by atoms with Gasteiger partial charge in [-0.2, -0.15) is 5.10 Å². The first-order valence-electron chi connectivity index (χ1n) is 9.00. The average Bonchev–Trinajstić information content (AvgIpc) is 3.16. The van der Waals surface area contributed by atoms with E-state index >= 15 is 0 Å². The Balaban J connectivity index is 1.37.